The number of nitrogens with one attached hydrogen (secondary N) is 1. The molecular formula is C22H25FN4O3. The molecule has 0 unspecified atom stereocenters. The third kappa shape index (κ3) is 4.17. The lowest BCUT2D eigenvalue weighted by atomic mass is 10.2. The summed E-state index contributed by atoms with van der Waals surface area (Å²) in [6.45, 7) is 2.98. The number of halogens is 1. The van der Waals surface area contributed by atoms with E-state index in [1.165, 1.54) is 12.1 Å². The number of rotatable bonds is 4. The number of urea groups is 1. The molecule has 2 fully saturated rings. The molecule has 2 aliphatic rings. The van der Waals surface area contributed by atoms with Gasteiger partial charge in [-0.1, -0.05) is 12.1 Å². The third-order valence-electron chi connectivity index (χ3n) is 5.58. The molecule has 2 aromatic carbocycles. The number of nitrogens with zero attached hydrogens (tertiary/aromatic N) is 3. The minimum Gasteiger partial charge on any atom is -0.495 e. The molecule has 2 heterocycles. The zero-order chi connectivity index (χ0) is 21.1. The van der Waals surface area contributed by atoms with E-state index in [0.29, 0.717) is 38.4 Å². The third-order valence-corrected chi connectivity index (χ3v) is 5.58. The van der Waals surface area contributed by atoms with Crippen LogP contribution in [0, 0.1) is 5.82 Å². The number of hydrogen-bond donors (Lipinski definition) is 1. The van der Waals surface area contributed by atoms with E-state index in [-0.39, 0.29) is 30.2 Å². The number of ether oxygens (including phenoxy) is 1. The highest BCUT2D eigenvalue weighted by Crippen LogP contribution is 2.28. The molecule has 8 heteroatoms. The average Bonchev–Trinajstić information content (AvgIpc) is 3.14. The summed E-state index contributed by atoms with van der Waals surface area (Å²) in [4.78, 5) is 30.6. The Balaban J connectivity index is 1.31. The highest BCUT2D eigenvalue weighted by molar-refractivity contribution is 5.96. The molecular weight excluding hydrogens is 387 g/mol. The van der Waals surface area contributed by atoms with E-state index in [1.807, 2.05) is 24.3 Å². The number of methoxy groups -OCH3 is 1. The van der Waals surface area contributed by atoms with E-state index in [9.17, 15) is 14.0 Å². The van der Waals surface area contributed by atoms with Gasteiger partial charge in [0.2, 0.25) is 5.91 Å². The SMILES string of the molecule is COc1ccccc1N1CCN(C(=O)N[C@H]2CC(=O)N(c3ccc(F)cc3)C2)CC1. The molecule has 0 spiro atoms. The molecule has 4 rings (SSSR count). The average molecular weight is 412 g/mol. The van der Waals surface area contributed by atoms with E-state index in [4.69, 9.17) is 4.74 Å². The fraction of sp³-hybridized carbons (Fsp3) is 0.364. The number of amides is 3. The van der Waals surface area contributed by atoms with Gasteiger partial charge in [0.25, 0.3) is 0 Å². The van der Waals surface area contributed by atoms with Gasteiger partial charge in [0.1, 0.15) is 11.6 Å². The number of benzene rings is 2. The molecule has 2 aliphatic heterocycles. The van der Waals surface area contributed by atoms with Crippen molar-refractivity contribution in [2.75, 3.05) is 49.6 Å². The molecule has 30 heavy (non-hydrogen) atoms. The quantitative estimate of drug-likeness (QED) is 0.838. The van der Waals surface area contributed by atoms with Crippen molar-refractivity contribution in [3.63, 3.8) is 0 Å². The molecule has 2 saturated heterocycles. The highest BCUT2D eigenvalue weighted by atomic mass is 19.1. The Kier molecular flexibility index (Phi) is 5.74. The molecule has 0 radical (unpaired) electrons. The van der Waals surface area contributed by atoms with Crippen LogP contribution in [0.5, 0.6) is 5.75 Å². The number of carbonyl (C=O) groups excluding carboxylic acids is 2. The summed E-state index contributed by atoms with van der Waals surface area (Å²) >= 11 is 0. The van der Waals surface area contributed by atoms with Crippen LogP contribution in [-0.4, -0.2) is 62.7 Å². The number of hydrogen-bond acceptors (Lipinski definition) is 4. The van der Waals surface area contributed by atoms with Crippen LogP contribution in [0.15, 0.2) is 48.5 Å². The highest BCUT2D eigenvalue weighted by Gasteiger charge is 2.33. The fourth-order valence-corrected chi connectivity index (χ4v) is 3.98. The van der Waals surface area contributed by atoms with Gasteiger partial charge >= 0.3 is 6.03 Å². The molecule has 0 aliphatic carbocycles. The van der Waals surface area contributed by atoms with Gasteiger partial charge in [0.05, 0.1) is 18.8 Å². The van der Waals surface area contributed by atoms with Crippen molar-refractivity contribution in [3.8, 4) is 5.75 Å². The Bertz CT molecular complexity index is 913. The zero-order valence-electron chi connectivity index (χ0n) is 16.9. The number of carbonyl (C=O) groups is 2. The van der Waals surface area contributed by atoms with Crippen LogP contribution < -0.4 is 19.9 Å². The lowest BCUT2D eigenvalue weighted by Crippen LogP contribution is -2.54. The molecule has 3 amide bonds. The topological polar surface area (TPSA) is 65.1 Å². The molecule has 0 aromatic heterocycles. The van der Waals surface area contributed by atoms with Crippen molar-refractivity contribution >= 4 is 23.3 Å². The van der Waals surface area contributed by atoms with Gasteiger partial charge in [-0.25, -0.2) is 9.18 Å². The van der Waals surface area contributed by atoms with Crippen molar-refractivity contribution < 1.29 is 18.7 Å². The molecule has 1 N–H and O–H groups in total. The maximum atomic E-state index is 13.1. The predicted molar refractivity (Wildman–Crippen MR) is 112 cm³/mol. The molecule has 2 aromatic rings. The van der Waals surface area contributed by atoms with Crippen molar-refractivity contribution in [1.29, 1.82) is 0 Å². The summed E-state index contributed by atoms with van der Waals surface area (Å²) in [5, 5.41) is 2.97. The summed E-state index contributed by atoms with van der Waals surface area (Å²) in [6, 6.07) is 13.2. The standard InChI is InChI=1S/C22H25FN4O3/c1-30-20-5-3-2-4-19(20)25-10-12-26(13-11-25)22(29)24-17-14-21(28)27(15-17)18-8-6-16(23)7-9-18/h2-9,17H,10-15H2,1H3,(H,24,29)/t17-/m0/s1. The maximum Gasteiger partial charge on any atom is 0.317 e. The van der Waals surface area contributed by atoms with Crippen molar-refractivity contribution in [2.45, 2.75) is 12.5 Å². The Morgan fingerprint density at radius 2 is 1.77 bits per heavy atom. The minimum atomic E-state index is -0.345. The number of piperazine rings is 1. The van der Waals surface area contributed by atoms with Gasteiger partial charge in [-0.05, 0) is 36.4 Å². The maximum absolute atomic E-state index is 13.1. The molecule has 7 nitrogen and oxygen atoms in total. The van der Waals surface area contributed by atoms with Crippen LogP contribution in [0.3, 0.4) is 0 Å². The predicted octanol–water partition coefficient (Wildman–Crippen LogP) is 2.47. The first-order valence-corrected chi connectivity index (χ1v) is 10.0. The molecule has 158 valence electrons. The van der Waals surface area contributed by atoms with Crippen molar-refractivity contribution in [2.24, 2.45) is 0 Å². The van der Waals surface area contributed by atoms with Gasteiger partial charge < -0.3 is 24.8 Å². The van der Waals surface area contributed by atoms with E-state index in [2.05, 4.69) is 10.2 Å². The lowest BCUT2D eigenvalue weighted by Gasteiger charge is -2.37. The number of anilines is 2. The summed E-state index contributed by atoms with van der Waals surface area (Å²) in [5.41, 5.74) is 1.67. The van der Waals surface area contributed by atoms with E-state index in [1.54, 1.807) is 29.0 Å². The van der Waals surface area contributed by atoms with Gasteiger partial charge in [0.15, 0.2) is 0 Å². The summed E-state index contributed by atoms with van der Waals surface area (Å²) in [7, 11) is 1.65. The van der Waals surface area contributed by atoms with Crippen LogP contribution in [0.25, 0.3) is 0 Å². The minimum absolute atomic E-state index is 0.0760. The second-order valence-electron chi connectivity index (χ2n) is 7.48. The summed E-state index contributed by atoms with van der Waals surface area (Å²) < 4.78 is 18.6. The normalized spacial score (nSPS) is 19.2. The Morgan fingerprint density at radius 1 is 1.07 bits per heavy atom. The van der Waals surface area contributed by atoms with Crippen LogP contribution in [0.4, 0.5) is 20.6 Å². The molecule has 0 bridgehead atoms. The first-order valence-electron chi connectivity index (χ1n) is 10.0. The van der Waals surface area contributed by atoms with Crippen LogP contribution in [0.2, 0.25) is 0 Å². The monoisotopic (exact) mass is 412 g/mol. The van der Waals surface area contributed by atoms with E-state index >= 15 is 0 Å². The Morgan fingerprint density at radius 3 is 2.47 bits per heavy atom. The van der Waals surface area contributed by atoms with E-state index < -0.39 is 0 Å². The largest absolute Gasteiger partial charge is 0.495 e. The first-order chi connectivity index (χ1) is 14.5. The van der Waals surface area contributed by atoms with Gasteiger partial charge in [-0.15, -0.1) is 0 Å². The van der Waals surface area contributed by atoms with Crippen LogP contribution in [0.1, 0.15) is 6.42 Å². The molecule has 0 saturated carbocycles. The fourth-order valence-electron chi connectivity index (χ4n) is 3.98. The summed E-state index contributed by atoms with van der Waals surface area (Å²) in [6.07, 6.45) is 0.240. The van der Waals surface area contributed by atoms with Crippen LogP contribution in [-0.2, 0) is 4.79 Å². The second-order valence-corrected chi connectivity index (χ2v) is 7.48. The van der Waals surface area contributed by atoms with Gasteiger partial charge in [0, 0.05) is 44.8 Å². The Labute approximate surface area is 175 Å². The Hall–Kier alpha value is -3.29. The van der Waals surface area contributed by atoms with Crippen molar-refractivity contribution in [1.82, 2.24) is 10.2 Å². The van der Waals surface area contributed by atoms with Crippen molar-refractivity contribution in [3.05, 3.63) is 54.3 Å². The smallest absolute Gasteiger partial charge is 0.317 e. The molecule has 1 atom stereocenters. The first kappa shape index (κ1) is 20.0. The zero-order valence-corrected chi connectivity index (χ0v) is 16.9. The van der Waals surface area contributed by atoms with Gasteiger partial charge in [-0.2, -0.15) is 0 Å². The van der Waals surface area contributed by atoms with Crippen LogP contribution >= 0.6 is 0 Å². The summed E-state index contributed by atoms with van der Waals surface area (Å²) in [5.74, 6) is 0.399. The van der Waals surface area contributed by atoms with Gasteiger partial charge in [-0.3, -0.25) is 4.79 Å². The van der Waals surface area contributed by atoms with E-state index in [0.717, 1.165) is 11.4 Å². The number of para-hydroxylation sites is 2. The second kappa shape index (κ2) is 8.61. The lowest BCUT2D eigenvalue weighted by molar-refractivity contribution is -0.117.